The number of fused-ring (bicyclic) bond motifs is 1. The van der Waals surface area contributed by atoms with Crippen LogP contribution in [0.15, 0.2) is 28.9 Å². The summed E-state index contributed by atoms with van der Waals surface area (Å²) in [6.45, 7) is 3.87. The Morgan fingerprint density at radius 2 is 2.08 bits per heavy atom. The fourth-order valence-electron chi connectivity index (χ4n) is 3.92. The van der Waals surface area contributed by atoms with Gasteiger partial charge in [-0.15, -0.1) is 12.4 Å². The standard InChI is InChI=1S/C18H21FN2O2.ClH/c19-14-1-2-15-13(11-23-16(15)10-14)9-17(22)21-7-4-18(5-8-21)3-6-20-12-18;/h1-2,10-11,20H,3-9,12H2;1H. The van der Waals surface area contributed by atoms with E-state index in [4.69, 9.17) is 4.42 Å². The predicted molar refractivity (Wildman–Crippen MR) is 92.9 cm³/mol. The van der Waals surface area contributed by atoms with Crippen LogP contribution in [0.25, 0.3) is 11.0 Å². The van der Waals surface area contributed by atoms with Crippen molar-refractivity contribution in [1.29, 1.82) is 0 Å². The Morgan fingerprint density at radius 1 is 1.29 bits per heavy atom. The third kappa shape index (κ3) is 3.15. The van der Waals surface area contributed by atoms with E-state index >= 15 is 0 Å². The number of carbonyl (C=O) groups is 1. The molecule has 4 nitrogen and oxygen atoms in total. The second kappa shape index (κ2) is 6.73. The van der Waals surface area contributed by atoms with Gasteiger partial charge < -0.3 is 14.6 Å². The van der Waals surface area contributed by atoms with E-state index in [0.717, 1.165) is 50.0 Å². The van der Waals surface area contributed by atoms with Crippen LogP contribution in [0.2, 0.25) is 0 Å². The summed E-state index contributed by atoms with van der Waals surface area (Å²) >= 11 is 0. The minimum atomic E-state index is -0.323. The van der Waals surface area contributed by atoms with Gasteiger partial charge in [-0.25, -0.2) is 4.39 Å². The molecule has 0 aliphatic carbocycles. The minimum absolute atomic E-state index is 0. The Hall–Kier alpha value is -1.59. The van der Waals surface area contributed by atoms with Gasteiger partial charge in [-0.1, -0.05) is 0 Å². The van der Waals surface area contributed by atoms with Crippen LogP contribution in [-0.2, 0) is 11.2 Å². The summed E-state index contributed by atoms with van der Waals surface area (Å²) in [5.74, 6) is -0.186. The molecule has 2 aliphatic rings. The first kappa shape index (κ1) is 17.2. The van der Waals surface area contributed by atoms with Crippen molar-refractivity contribution >= 4 is 29.3 Å². The number of nitrogens with zero attached hydrogens (tertiary/aromatic N) is 1. The second-order valence-corrected chi connectivity index (χ2v) is 6.89. The third-order valence-electron chi connectivity index (χ3n) is 5.47. The molecular weight excluding hydrogens is 331 g/mol. The summed E-state index contributed by atoms with van der Waals surface area (Å²) in [6.07, 6.45) is 5.30. The van der Waals surface area contributed by atoms with E-state index in [2.05, 4.69) is 5.32 Å². The molecule has 0 bridgehead atoms. The molecule has 0 atom stereocenters. The van der Waals surface area contributed by atoms with E-state index in [1.165, 1.54) is 18.6 Å². The molecule has 0 radical (unpaired) electrons. The zero-order chi connectivity index (χ0) is 15.9. The molecule has 2 aliphatic heterocycles. The molecule has 24 heavy (non-hydrogen) atoms. The first-order valence-corrected chi connectivity index (χ1v) is 8.29. The number of piperidine rings is 1. The van der Waals surface area contributed by atoms with Crippen LogP contribution in [0.5, 0.6) is 0 Å². The number of carbonyl (C=O) groups excluding carboxylic acids is 1. The molecule has 0 unspecified atom stereocenters. The fraction of sp³-hybridized carbons (Fsp3) is 0.500. The van der Waals surface area contributed by atoms with Crippen molar-refractivity contribution in [3.63, 3.8) is 0 Å². The highest BCUT2D eigenvalue weighted by atomic mass is 35.5. The summed E-state index contributed by atoms with van der Waals surface area (Å²) in [5.41, 5.74) is 1.76. The maximum atomic E-state index is 13.2. The molecule has 2 fully saturated rings. The number of likely N-dealkylation sites (tertiary alicyclic amines) is 1. The van der Waals surface area contributed by atoms with Crippen molar-refractivity contribution in [2.45, 2.75) is 25.7 Å². The average molecular weight is 353 g/mol. The van der Waals surface area contributed by atoms with E-state index in [9.17, 15) is 9.18 Å². The summed E-state index contributed by atoms with van der Waals surface area (Å²) in [6, 6.07) is 4.46. The Morgan fingerprint density at radius 3 is 2.79 bits per heavy atom. The molecule has 1 aromatic heterocycles. The van der Waals surface area contributed by atoms with Gasteiger partial charge in [0.15, 0.2) is 0 Å². The van der Waals surface area contributed by atoms with Gasteiger partial charge in [-0.2, -0.15) is 0 Å². The highest BCUT2D eigenvalue weighted by molar-refractivity contribution is 5.87. The first-order valence-electron chi connectivity index (χ1n) is 8.29. The van der Waals surface area contributed by atoms with Crippen molar-refractivity contribution in [1.82, 2.24) is 10.2 Å². The van der Waals surface area contributed by atoms with E-state index in [1.54, 1.807) is 12.3 Å². The van der Waals surface area contributed by atoms with Gasteiger partial charge in [0.1, 0.15) is 11.4 Å². The Labute approximate surface area is 146 Å². The van der Waals surface area contributed by atoms with Gasteiger partial charge in [-0.3, -0.25) is 4.79 Å². The number of hydrogen-bond donors (Lipinski definition) is 1. The van der Waals surface area contributed by atoms with Crippen molar-refractivity contribution in [2.75, 3.05) is 26.2 Å². The lowest BCUT2D eigenvalue weighted by Crippen LogP contribution is -2.44. The number of nitrogens with one attached hydrogen (secondary N) is 1. The number of halogens is 2. The van der Waals surface area contributed by atoms with Crippen molar-refractivity contribution < 1.29 is 13.6 Å². The van der Waals surface area contributed by atoms with Crippen LogP contribution < -0.4 is 5.32 Å². The summed E-state index contributed by atoms with van der Waals surface area (Å²) in [4.78, 5) is 14.5. The number of furan rings is 1. The maximum Gasteiger partial charge on any atom is 0.227 e. The molecule has 130 valence electrons. The average Bonchev–Trinajstić information content (AvgIpc) is 3.16. The zero-order valence-corrected chi connectivity index (χ0v) is 14.3. The maximum absolute atomic E-state index is 13.2. The molecule has 1 N–H and O–H groups in total. The van der Waals surface area contributed by atoms with Gasteiger partial charge in [-0.05, 0) is 43.4 Å². The molecule has 1 aromatic carbocycles. The van der Waals surface area contributed by atoms with E-state index < -0.39 is 0 Å². The fourth-order valence-corrected chi connectivity index (χ4v) is 3.92. The van der Waals surface area contributed by atoms with E-state index in [-0.39, 0.29) is 24.1 Å². The lowest BCUT2D eigenvalue weighted by atomic mass is 9.78. The minimum Gasteiger partial charge on any atom is -0.464 e. The van der Waals surface area contributed by atoms with Crippen LogP contribution in [-0.4, -0.2) is 37.0 Å². The molecule has 4 rings (SSSR count). The van der Waals surface area contributed by atoms with Crippen LogP contribution >= 0.6 is 12.4 Å². The smallest absolute Gasteiger partial charge is 0.227 e. The summed E-state index contributed by atoms with van der Waals surface area (Å²) in [5, 5.41) is 4.27. The molecule has 1 spiro atoms. The number of hydrogen-bond acceptors (Lipinski definition) is 3. The monoisotopic (exact) mass is 352 g/mol. The van der Waals surface area contributed by atoms with Gasteiger partial charge in [0.2, 0.25) is 5.91 Å². The van der Waals surface area contributed by atoms with Gasteiger partial charge in [0, 0.05) is 36.7 Å². The lowest BCUT2D eigenvalue weighted by molar-refractivity contribution is -0.132. The number of amides is 1. The molecule has 1 amide bonds. The van der Waals surface area contributed by atoms with Crippen molar-refractivity contribution in [3.8, 4) is 0 Å². The van der Waals surface area contributed by atoms with Crippen molar-refractivity contribution in [3.05, 3.63) is 35.8 Å². The first-order chi connectivity index (χ1) is 11.2. The predicted octanol–water partition coefficient (Wildman–Crippen LogP) is 3.14. The lowest BCUT2D eigenvalue weighted by Gasteiger charge is -2.38. The largest absolute Gasteiger partial charge is 0.464 e. The molecule has 0 saturated carbocycles. The Kier molecular flexibility index (Phi) is 4.83. The zero-order valence-electron chi connectivity index (χ0n) is 13.5. The normalized spacial score (nSPS) is 19.6. The Bertz CT molecular complexity index is 730. The van der Waals surface area contributed by atoms with Gasteiger partial charge in [0.05, 0.1) is 12.7 Å². The molecule has 3 heterocycles. The molecule has 6 heteroatoms. The summed E-state index contributed by atoms with van der Waals surface area (Å²) < 4.78 is 18.6. The SMILES string of the molecule is Cl.O=C(Cc1coc2cc(F)ccc12)N1CCC2(CCNC2)CC1. The molecular formula is C18H22ClFN2O2. The second-order valence-electron chi connectivity index (χ2n) is 6.89. The van der Waals surface area contributed by atoms with Crippen LogP contribution in [0.3, 0.4) is 0 Å². The van der Waals surface area contributed by atoms with E-state index in [0.29, 0.717) is 17.4 Å². The third-order valence-corrected chi connectivity index (χ3v) is 5.47. The van der Waals surface area contributed by atoms with E-state index in [1.807, 2.05) is 4.90 Å². The summed E-state index contributed by atoms with van der Waals surface area (Å²) in [7, 11) is 0. The topological polar surface area (TPSA) is 45.5 Å². The van der Waals surface area contributed by atoms with Gasteiger partial charge >= 0.3 is 0 Å². The molecule has 2 saturated heterocycles. The van der Waals surface area contributed by atoms with Crippen LogP contribution in [0.4, 0.5) is 4.39 Å². The highest BCUT2D eigenvalue weighted by Gasteiger charge is 2.38. The van der Waals surface area contributed by atoms with Crippen molar-refractivity contribution in [2.24, 2.45) is 5.41 Å². The van der Waals surface area contributed by atoms with Gasteiger partial charge in [0.25, 0.3) is 0 Å². The number of benzene rings is 1. The highest BCUT2D eigenvalue weighted by Crippen LogP contribution is 2.37. The van der Waals surface area contributed by atoms with Crippen LogP contribution in [0.1, 0.15) is 24.8 Å². The number of rotatable bonds is 2. The van der Waals surface area contributed by atoms with Crippen LogP contribution in [0, 0.1) is 11.2 Å². The molecule has 2 aromatic rings. The Balaban J connectivity index is 0.00000169. The quantitative estimate of drug-likeness (QED) is 0.903.